The third-order valence-corrected chi connectivity index (χ3v) is 6.86. The summed E-state index contributed by atoms with van der Waals surface area (Å²) in [6.45, 7) is 3.72. The molecule has 0 radical (unpaired) electrons. The highest BCUT2D eigenvalue weighted by molar-refractivity contribution is 5.94. The van der Waals surface area contributed by atoms with Crippen LogP contribution in [0.3, 0.4) is 0 Å². The summed E-state index contributed by atoms with van der Waals surface area (Å²) in [5.41, 5.74) is 2.09. The number of hydrogen-bond acceptors (Lipinski definition) is 6. The van der Waals surface area contributed by atoms with Crippen molar-refractivity contribution < 1.29 is 19.0 Å². The Morgan fingerprint density at radius 2 is 1.69 bits per heavy atom. The largest absolute Gasteiger partial charge is 0.497 e. The first-order chi connectivity index (χ1) is 15.5. The van der Waals surface area contributed by atoms with Crippen LogP contribution in [0.2, 0.25) is 0 Å². The van der Waals surface area contributed by atoms with Gasteiger partial charge in [-0.05, 0) is 49.9 Å². The van der Waals surface area contributed by atoms with Crippen molar-refractivity contribution in [1.29, 1.82) is 0 Å². The van der Waals surface area contributed by atoms with Gasteiger partial charge in [-0.25, -0.2) is 0 Å². The number of nitrogens with zero attached hydrogens (tertiary/aromatic N) is 4. The Bertz CT molecular complexity index is 928. The standard InChI is InChI=1S/C24H34N4O4/c1-26-22(16-21(25-26)20-15-19(31-3)5-6-23(20)32-4)24(29)28-11-7-17(8-12-28)27-13-9-18(30-2)10-14-27/h5-6,15-18H,7-14H2,1-4H3. The number of aromatic nitrogens is 2. The van der Waals surface area contributed by atoms with E-state index >= 15 is 0 Å². The van der Waals surface area contributed by atoms with E-state index in [4.69, 9.17) is 14.2 Å². The number of hydrogen-bond donors (Lipinski definition) is 0. The van der Waals surface area contributed by atoms with E-state index in [1.54, 1.807) is 26.0 Å². The minimum atomic E-state index is 0.0321. The summed E-state index contributed by atoms with van der Waals surface area (Å²) in [4.78, 5) is 17.8. The Morgan fingerprint density at radius 1 is 0.969 bits per heavy atom. The van der Waals surface area contributed by atoms with E-state index in [0.29, 0.717) is 29.3 Å². The fourth-order valence-electron chi connectivity index (χ4n) is 4.89. The number of methoxy groups -OCH3 is 3. The second kappa shape index (κ2) is 9.92. The molecule has 0 aliphatic carbocycles. The van der Waals surface area contributed by atoms with Crippen molar-refractivity contribution in [1.82, 2.24) is 19.6 Å². The van der Waals surface area contributed by atoms with Gasteiger partial charge in [-0.1, -0.05) is 0 Å². The number of likely N-dealkylation sites (tertiary alicyclic amines) is 2. The number of aryl methyl sites for hydroxylation is 1. The first kappa shape index (κ1) is 22.6. The molecule has 32 heavy (non-hydrogen) atoms. The van der Waals surface area contributed by atoms with Crippen LogP contribution >= 0.6 is 0 Å². The molecule has 0 unspecified atom stereocenters. The summed E-state index contributed by atoms with van der Waals surface area (Å²) in [6.07, 6.45) is 4.62. The quantitative estimate of drug-likeness (QED) is 0.685. The van der Waals surface area contributed by atoms with E-state index in [1.165, 1.54) is 0 Å². The van der Waals surface area contributed by atoms with Crippen LogP contribution in [0.15, 0.2) is 24.3 Å². The molecule has 2 fully saturated rings. The van der Waals surface area contributed by atoms with Gasteiger partial charge in [0.2, 0.25) is 0 Å². The number of carbonyl (C=O) groups excluding carboxylic acids is 1. The summed E-state index contributed by atoms with van der Waals surface area (Å²) in [7, 11) is 6.87. The molecule has 1 aromatic carbocycles. The average Bonchev–Trinajstić information content (AvgIpc) is 3.24. The predicted molar refractivity (Wildman–Crippen MR) is 122 cm³/mol. The van der Waals surface area contributed by atoms with Crippen molar-refractivity contribution in [3.05, 3.63) is 30.0 Å². The van der Waals surface area contributed by atoms with Crippen molar-refractivity contribution in [2.45, 2.75) is 37.8 Å². The fourth-order valence-corrected chi connectivity index (χ4v) is 4.89. The molecule has 174 valence electrons. The molecule has 2 aromatic rings. The number of ether oxygens (including phenoxy) is 3. The van der Waals surface area contributed by atoms with Crippen LogP contribution in [-0.4, -0.2) is 85.1 Å². The van der Waals surface area contributed by atoms with Crippen LogP contribution in [0.5, 0.6) is 11.5 Å². The summed E-state index contributed by atoms with van der Waals surface area (Å²) in [5, 5.41) is 4.60. The lowest BCUT2D eigenvalue weighted by atomic mass is 9.98. The van der Waals surface area contributed by atoms with Crippen molar-refractivity contribution in [3.63, 3.8) is 0 Å². The molecule has 8 nitrogen and oxygen atoms in total. The monoisotopic (exact) mass is 442 g/mol. The molecule has 4 rings (SSSR count). The SMILES string of the molecule is COc1ccc(OC)c(-c2cc(C(=O)N3CCC(N4CCC(OC)CC4)CC3)n(C)n2)c1. The minimum absolute atomic E-state index is 0.0321. The second-order valence-electron chi connectivity index (χ2n) is 8.60. The number of benzene rings is 1. The first-order valence-electron chi connectivity index (χ1n) is 11.4. The Kier molecular flexibility index (Phi) is 7.01. The van der Waals surface area contributed by atoms with Crippen molar-refractivity contribution in [2.75, 3.05) is 47.5 Å². The van der Waals surface area contributed by atoms with Gasteiger partial charge in [-0.15, -0.1) is 0 Å². The smallest absolute Gasteiger partial charge is 0.272 e. The Hall–Kier alpha value is -2.58. The summed E-state index contributed by atoms with van der Waals surface area (Å²) < 4.78 is 18.0. The Balaban J connectivity index is 1.43. The number of amides is 1. The van der Waals surface area contributed by atoms with Crippen LogP contribution in [0.1, 0.15) is 36.2 Å². The summed E-state index contributed by atoms with van der Waals surface area (Å²) in [5.74, 6) is 1.45. The number of carbonyl (C=O) groups is 1. The summed E-state index contributed by atoms with van der Waals surface area (Å²) in [6, 6.07) is 7.98. The topological polar surface area (TPSA) is 69.1 Å². The molecule has 2 aliphatic heterocycles. The predicted octanol–water partition coefficient (Wildman–Crippen LogP) is 2.82. The van der Waals surface area contributed by atoms with E-state index < -0.39 is 0 Å². The van der Waals surface area contributed by atoms with Gasteiger partial charge in [-0.2, -0.15) is 5.10 Å². The summed E-state index contributed by atoms with van der Waals surface area (Å²) >= 11 is 0. The molecule has 0 atom stereocenters. The highest BCUT2D eigenvalue weighted by Crippen LogP contribution is 2.33. The zero-order chi connectivity index (χ0) is 22.7. The maximum Gasteiger partial charge on any atom is 0.272 e. The van der Waals surface area contributed by atoms with Gasteiger partial charge in [0.1, 0.15) is 17.2 Å². The lowest BCUT2D eigenvalue weighted by molar-refractivity contribution is 0.0144. The van der Waals surface area contributed by atoms with Crippen molar-refractivity contribution in [3.8, 4) is 22.8 Å². The molecule has 0 spiro atoms. The lowest BCUT2D eigenvalue weighted by Crippen LogP contribution is -2.49. The molecule has 0 saturated carbocycles. The zero-order valence-electron chi connectivity index (χ0n) is 19.5. The van der Waals surface area contributed by atoms with Crippen molar-refractivity contribution in [2.24, 2.45) is 7.05 Å². The molecular weight excluding hydrogens is 408 g/mol. The van der Waals surface area contributed by atoms with E-state index in [-0.39, 0.29) is 5.91 Å². The van der Waals surface area contributed by atoms with E-state index in [9.17, 15) is 4.79 Å². The number of rotatable bonds is 6. The molecule has 0 bridgehead atoms. The highest BCUT2D eigenvalue weighted by Gasteiger charge is 2.31. The van der Waals surface area contributed by atoms with Gasteiger partial charge in [-0.3, -0.25) is 9.48 Å². The molecular formula is C24H34N4O4. The van der Waals surface area contributed by atoms with Gasteiger partial charge in [0.05, 0.1) is 26.0 Å². The molecule has 0 N–H and O–H groups in total. The van der Waals surface area contributed by atoms with E-state index in [2.05, 4.69) is 10.00 Å². The first-order valence-corrected chi connectivity index (χ1v) is 11.4. The maximum absolute atomic E-state index is 13.3. The van der Waals surface area contributed by atoms with Crippen molar-refractivity contribution >= 4 is 5.91 Å². The Morgan fingerprint density at radius 3 is 2.31 bits per heavy atom. The lowest BCUT2D eigenvalue weighted by Gasteiger charge is -2.41. The van der Waals surface area contributed by atoms with Gasteiger partial charge in [0.25, 0.3) is 5.91 Å². The second-order valence-corrected chi connectivity index (χ2v) is 8.60. The van der Waals surface area contributed by atoms with Crippen LogP contribution in [0.4, 0.5) is 0 Å². The minimum Gasteiger partial charge on any atom is -0.497 e. The third kappa shape index (κ3) is 4.61. The molecule has 3 heterocycles. The number of piperidine rings is 2. The third-order valence-electron chi connectivity index (χ3n) is 6.86. The average molecular weight is 443 g/mol. The Labute approximate surface area is 190 Å². The normalized spacial score (nSPS) is 18.7. The fraction of sp³-hybridized carbons (Fsp3) is 0.583. The zero-order valence-corrected chi connectivity index (χ0v) is 19.5. The maximum atomic E-state index is 13.3. The van der Waals surface area contributed by atoms with Crippen LogP contribution < -0.4 is 9.47 Å². The molecule has 2 aliphatic rings. The van der Waals surface area contributed by atoms with Crippen LogP contribution in [0.25, 0.3) is 11.3 Å². The molecule has 1 aromatic heterocycles. The van der Waals surface area contributed by atoms with Gasteiger partial charge >= 0.3 is 0 Å². The van der Waals surface area contributed by atoms with Crippen LogP contribution in [-0.2, 0) is 11.8 Å². The molecule has 1 amide bonds. The van der Waals surface area contributed by atoms with Gasteiger partial charge in [0, 0.05) is 51.9 Å². The van der Waals surface area contributed by atoms with Gasteiger partial charge < -0.3 is 24.0 Å². The highest BCUT2D eigenvalue weighted by atomic mass is 16.5. The molecule has 2 saturated heterocycles. The molecule has 8 heteroatoms. The van der Waals surface area contributed by atoms with E-state index in [0.717, 1.165) is 63.2 Å². The van der Waals surface area contributed by atoms with Crippen LogP contribution in [0, 0.1) is 0 Å². The van der Waals surface area contributed by atoms with Gasteiger partial charge in [0.15, 0.2) is 0 Å². The van der Waals surface area contributed by atoms with E-state index in [1.807, 2.05) is 36.2 Å².